The van der Waals surface area contributed by atoms with Gasteiger partial charge in [0.2, 0.25) is 0 Å². The number of aryl methyl sites for hydroxylation is 1. The van der Waals surface area contributed by atoms with Crippen LogP contribution in [-0.4, -0.2) is 35.0 Å². The Morgan fingerprint density at radius 1 is 1.19 bits per heavy atom. The third-order valence-corrected chi connectivity index (χ3v) is 6.29. The summed E-state index contributed by atoms with van der Waals surface area (Å²) in [6, 6.07) is 8.30. The molecule has 1 aliphatic carbocycles. The fraction of sp³-hybridized carbons (Fsp3) is 0.364. The van der Waals surface area contributed by atoms with Gasteiger partial charge in [0.25, 0.3) is 11.5 Å². The van der Waals surface area contributed by atoms with Crippen LogP contribution in [0.4, 0.5) is 13.2 Å². The molecule has 1 saturated carbocycles. The molecule has 0 bridgehead atoms. The summed E-state index contributed by atoms with van der Waals surface area (Å²) in [5, 5.41) is 16.1. The second-order valence-corrected chi connectivity index (χ2v) is 9.08. The minimum absolute atomic E-state index is 0.0516. The molecule has 1 fully saturated rings. The summed E-state index contributed by atoms with van der Waals surface area (Å²) in [7, 11) is 0. The van der Waals surface area contributed by atoms with Crippen LogP contribution in [0.2, 0.25) is 10.0 Å². The second-order valence-electron chi connectivity index (χ2n) is 8.21. The molecule has 4 rings (SSSR count). The van der Waals surface area contributed by atoms with E-state index in [-0.39, 0.29) is 33.8 Å². The third-order valence-electron chi connectivity index (χ3n) is 5.85. The van der Waals surface area contributed by atoms with E-state index in [0.717, 1.165) is 12.1 Å². The summed E-state index contributed by atoms with van der Waals surface area (Å²) < 4.78 is 42.4. The van der Waals surface area contributed by atoms with Crippen LogP contribution in [0.3, 0.4) is 0 Å². The fourth-order valence-corrected chi connectivity index (χ4v) is 4.25. The van der Waals surface area contributed by atoms with E-state index in [9.17, 15) is 23.1 Å². The highest BCUT2D eigenvalue weighted by Crippen LogP contribution is 2.49. The first-order valence-electron chi connectivity index (χ1n) is 9.81. The van der Waals surface area contributed by atoms with Crippen LogP contribution in [-0.2, 0) is 10.4 Å². The summed E-state index contributed by atoms with van der Waals surface area (Å²) in [4.78, 5) is 17.6. The van der Waals surface area contributed by atoms with E-state index in [4.69, 9.17) is 28.0 Å². The van der Waals surface area contributed by atoms with E-state index >= 15 is 0 Å². The molecule has 0 saturated heterocycles. The van der Waals surface area contributed by atoms with Crippen molar-refractivity contribution in [3.63, 3.8) is 0 Å². The molecular formula is C22H19Cl2F3N2O3. The number of oxime groups is 1. The maximum Gasteiger partial charge on any atom is 0.435 e. The number of rotatable bonds is 5. The van der Waals surface area contributed by atoms with Crippen molar-refractivity contribution >= 4 is 34.8 Å². The Kier molecular flexibility index (Phi) is 5.68. The van der Waals surface area contributed by atoms with Crippen LogP contribution in [0.1, 0.15) is 46.3 Å². The molecular weight excluding hydrogens is 468 g/mol. The number of aliphatic hydroxyl groups is 1. The van der Waals surface area contributed by atoms with Crippen molar-refractivity contribution in [1.82, 2.24) is 5.32 Å². The van der Waals surface area contributed by atoms with Gasteiger partial charge in [0.05, 0.1) is 17.9 Å². The van der Waals surface area contributed by atoms with Gasteiger partial charge in [-0.1, -0.05) is 34.4 Å². The highest BCUT2D eigenvalue weighted by Gasteiger charge is 2.62. The smallest absolute Gasteiger partial charge is 0.394 e. The standard InChI is InChI=1S/C22H19Cl2F3N2O3/c1-12-6-13(2-3-17(12)19(31)28-20(11-30)4-5-20)18-10-21(32-29-18,22(25,26)27)14-7-15(23)9-16(24)8-14/h2-3,6-9,30H,4-5,10-11H2,1H3,(H,28,31). The van der Waals surface area contributed by atoms with Gasteiger partial charge < -0.3 is 15.3 Å². The molecule has 5 nitrogen and oxygen atoms in total. The first-order chi connectivity index (χ1) is 15.0. The third kappa shape index (κ3) is 4.07. The fourth-order valence-electron chi connectivity index (χ4n) is 3.73. The normalized spacial score (nSPS) is 21.7. The Morgan fingerprint density at radius 2 is 1.84 bits per heavy atom. The highest BCUT2D eigenvalue weighted by atomic mass is 35.5. The molecule has 1 unspecified atom stereocenters. The predicted octanol–water partition coefficient (Wildman–Crippen LogP) is 5.14. The van der Waals surface area contributed by atoms with E-state index in [1.807, 2.05) is 0 Å². The van der Waals surface area contributed by atoms with Crippen molar-refractivity contribution in [1.29, 1.82) is 0 Å². The number of nitrogens with one attached hydrogen (secondary N) is 1. The van der Waals surface area contributed by atoms with Gasteiger partial charge in [0.15, 0.2) is 0 Å². The molecule has 2 aliphatic rings. The number of amides is 1. The van der Waals surface area contributed by atoms with E-state index in [0.29, 0.717) is 29.5 Å². The summed E-state index contributed by atoms with van der Waals surface area (Å²) in [5.74, 6) is -0.344. The molecule has 0 radical (unpaired) electrons. The molecule has 1 aliphatic heterocycles. The van der Waals surface area contributed by atoms with Gasteiger partial charge in [-0.25, -0.2) is 0 Å². The number of benzene rings is 2. The van der Waals surface area contributed by atoms with Gasteiger partial charge in [0.1, 0.15) is 0 Å². The van der Waals surface area contributed by atoms with Crippen LogP contribution in [0.5, 0.6) is 0 Å². The lowest BCUT2D eigenvalue weighted by molar-refractivity contribution is -0.275. The average Bonchev–Trinajstić information content (AvgIpc) is 3.31. The predicted molar refractivity (Wildman–Crippen MR) is 114 cm³/mol. The molecule has 0 spiro atoms. The number of aliphatic hydroxyl groups excluding tert-OH is 1. The Labute approximate surface area is 192 Å². The lowest BCUT2D eigenvalue weighted by Crippen LogP contribution is -2.42. The van der Waals surface area contributed by atoms with Crippen molar-refractivity contribution in [3.05, 3.63) is 68.7 Å². The number of carbonyl (C=O) groups is 1. The van der Waals surface area contributed by atoms with E-state index in [1.54, 1.807) is 13.0 Å². The number of carbonyl (C=O) groups excluding carboxylic acids is 1. The lowest BCUT2D eigenvalue weighted by atomic mass is 9.86. The summed E-state index contributed by atoms with van der Waals surface area (Å²) in [6.07, 6.45) is -3.96. The summed E-state index contributed by atoms with van der Waals surface area (Å²) in [5.41, 5.74) is -2.11. The highest BCUT2D eigenvalue weighted by molar-refractivity contribution is 6.34. The Balaban J connectivity index is 1.61. The van der Waals surface area contributed by atoms with Crippen LogP contribution in [0.25, 0.3) is 0 Å². The molecule has 1 heterocycles. The Bertz CT molecular complexity index is 1100. The summed E-state index contributed by atoms with van der Waals surface area (Å²) in [6.45, 7) is 1.54. The number of nitrogens with zero attached hydrogens (tertiary/aromatic N) is 1. The van der Waals surface area contributed by atoms with Gasteiger partial charge in [0, 0.05) is 27.6 Å². The summed E-state index contributed by atoms with van der Waals surface area (Å²) >= 11 is 11.8. The zero-order chi connectivity index (χ0) is 23.3. The molecule has 170 valence electrons. The van der Waals surface area contributed by atoms with Gasteiger partial charge in [-0.05, 0) is 61.2 Å². The van der Waals surface area contributed by atoms with Crippen molar-refractivity contribution in [2.75, 3.05) is 6.61 Å². The minimum atomic E-state index is -4.79. The molecule has 32 heavy (non-hydrogen) atoms. The molecule has 2 N–H and O–H groups in total. The van der Waals surface area contributed by atoms with Crippen molar-refractivity contribution in [2.24, 2.45) is 5.16 Å². The van der Waals surface area contributed by atoms with E-state index in [1.165, 1.54) is 18.2 Å². The van der Waals surface area contributed by atoms with Gasteiger partial charge in [-0.15, -0.1) is 0 Å². The number of hydrogen-bond acceptors (Lipinski definition) is 4. The Morgan fingerprint density at radius 3 is 2.38 bits per heavy atom. The largest absolute Gasteiger partial charge is 0.435 e. The van der Waals surface area contributed by atoms with Crippen LogP contribution >= 0.6 is 23.2 Å². The topological polar surface area (TPSA) is 70.9 Å². The van der Waals surface area contributed by atoms with Crippen LogP contribution in [0, 0.1) is 6.92 Å². The zero-order valence-corrected chi connectivity index (χ0v) is 18.4. The van der Waals surface area contributed by atoms with E-state index in [2.05, 4.69) is 10.5 Å². The maximum absolute atomic E-state index is 14.1. The quantitative estimate of drug-likeness (QED) is 0.614. The molecule has 1 atom stereocenters. The molecule has 2 aromatic rings. The van der Waals surface area contributed by atoms with Crippen LogP contribution < -0.4 is 5.32 Å². The van der Waals surface area contributed by atoms with E-state index < -0.39 is 23.7 Å². The van der Waals surface area contributed by atoms with Crippen molar-refractivity contribution in [3.8, 4) is 0 Å². The maximum atomic E-state index is 14.1. The zero-order valence-electron chi connectivity index (χ0n) is 16.9. The van der Waals surface area contributed by atoms with Crippen LogP contribution in [0.15, 0.2) is 41.6 Å². The second kappa shape index (κ2) is 7.93. The lowest BCUT2D eigenvalue weighted by Gasteiger charge is -2.29. The van der Waals surface area contributed by atoms with Gasteiger partial charge >= 0.3 is 6.18 Å². The first-order valence-corrected chi connectivity index (χ1v) is 10.6. The Hall–Kier alpha value is -2.29. The minimum Gasteiger partial charge on any atom is -0.394 e. The SMILES string of the molecule is Cc1cc(C2=NOC(c3cc(Cl)cc(Cl)c3)(C(F)(F)F)C2)ccc1C(=O)NC1(CO)CC1. The van der Waals surface area contributed by atoms with Crippen molar-refractivity contribution in [2.45, 2.75) is 43.5 Å². The molecule has 1 amide bonds. The molecule has 10 heteroatoms. The number of hydrogen-bond donors (Lipinski definition) is 2. The van der Waals surface area contributed by atoms with Crippen molar-refractivity contribution < 1.29 is 27.9 Å². The first kappa shape index (κ1) is 22.9. The average molecular weight is 487 g/mol. The van der Waals surface area contributed by atoms with Gasteiger partial charge in [-0.3, -0.25) is 4.79 Å². The van der Waals surface area contributed by atoms with Gasteiger partial charge in [-0.2, -0.15) is 13.2 Å². The molecule has 0 aromatic heterocycles. The number of alkyl halides is 3. The monoisotopic (exact) mass is 486 g/mol. The molecule has 2 aromatic carbocycles. The number of halogens is 5.